The maximum Gasteiger partial charge on any atom is 0.248 e. The van der Waals surface area contributed by atoms with Crippen molar-refractivity contribution >= 4 is 17.9 Å². The first-order chi connectivity index (χ1) is 10.7. The van der Waals surface area contributed by atoms with E-state index < -0.39 is 5.91 Å². The van der Waals surface area contributed by atoms with Crippen LogP contribution >= 0.6 is 11.9 Å². The number of amides is 1. The van der Waals surface area contributed by atoms with Gasteiger partial charge in [-0.1, -0.05) is 18.0 Å². The number of hydrogen-bond donors (Lipinski definition) is 3. The molecule has 7 heteroatoms. The number of ether oxygens (including phenoxy) is 1. The molecular formula is C15H24N4O2S. The Bertz CT molecular complexity index is 544. The van der Waals surface area contributed by atoms with Crippen LogP contribution in [0.25, 0.3) is 0 Å². The average Bonchev–Trinajstić information content (AvgIpc) is 2.58. The van der Waals surface area contributed by atoms with Crippen molar-refractivity contribution in [2.75, 3.05) is 14.2 Å². The Balaban J connectivity index is 0. The van der Waals surface area contributed by atoms with Crippen LogP contribution in [-0.4, -0.2) is 25.0 Å². The minimum Gasteiger partial charge on any atom is -0.497 e. The van der Waals surface area contributed by atoms with Crippen LogP contribution < -0.4 is 21.3 Å². The van der Waals surface area contributed by atoms with Gasteiger partial charge < -0.3 is 16.2 Å². The predicted octanol–water partition coefficient (Wildman–Crippen LogP) is 1.80. The Morgan fingerprint density at radius 3 is 2.41 bits per heavy atom. The molecule has 122 valence electrons. The molecule has 1 aromatic heterocycles. The van der Waals surface area contributed by atoms with Gasteiger partial charge in [0.25, 0.3) is 0 Å². The molecule has 0 aliphatic rings. The molecule has 6 nitrogen and oxygen atoms in total. The fourth-order valence-electron chi connectivity index (χ4n) is 1.35. The zero-order chi connectivity index (χ0) is 16.8. The standard InChI is InChI=1S/C8H9NO2.C6H8N2S.CH5N.H2/c1-11-7-4-2-3-6(5-7)8(9)10;7-9-5-6-1-3-8-4-2-6;1-2;/h2-5H,1H3,(H2,9,10);1-4H,5,7H2;2H2,1H3;1H. The summed E-state index contributed by atoms with van der Waals surface area (Å²) in [4.78, 5) is 14.5. The summed E-state index contributed by atoms with van der Waals surface area (Å²) in [6.07, 6.45) is 3.54. The number of nitrogens with zero attached hydrogens (tertiary/aromatic N) is 1. The molecule has 0 radical (unpaired) electrons. The van der Waals surface area contributed by atoms with Gasteiger partial charge in [0.1, 0.15) is 5.75 Å². The lowest BCUT2D eigenvalue weighted by molar-refractivity contribution is 0.1000. The van der Waals surface area contributed by atoms with Gasteiger partial charge in [0.2, 0.25) is 5.91 Å². The zero-order valence-electron chi connectivity index (χ0n) is 12.7. The number of carbonyl (C=O) groups is 1. The van der Waals surface area contributed by atoms with Gasteiger partial charge in [-0.25, -0.2) is 0 Å². The highest BCUT2D eigenvalue weighted by Gasteiger charge is 1.99. The van der Waals surface area contributed by atoms with Gasteiger partial charge in [-0.15, -0.1) is 0 Å². The minimum atomic E-state index is -0.441. The van der Waals surface area contributed by atoms with E-state index in [9.17, 15) is 4.79 Å². The fraction of sp³-hybridized carbons (Fsp3) is 0.200. The van der Waals surface area contributed by atoms with Crippen LogP contribution in [0.5, 0.6) is 5.75 Å². The van der Waals surface area contributed by atoms with Crippen molar-refractivity contribution < 1.29 is 11.0 Å². The molecule has 0 fully saturated rings. The summed E-state index contributed by atoms with van der Waals surface area (Å²) in [6, 6.07) is 10.6. The molecule has 0 spiro atoms. The quantitative estimate of drug-likeness (QED) is 0.738. The summed E-state index contributed by atoms with van der Waals surface area (Å²) in [7, 11) is 3.04. The zero-order valence-corrected chi connectivity index (χ0v) is 13.5. The molecule has 0 saturated heterocycles. The largest absolute Gasteiger partial charge is 0.497 e. The summed E-state index contributed by atoms with van der Waals surface area (Å²) >= 11 is 1.33. The van der Waals surface area contributed by atoms with Crippen LogP contribution in [0, 0.1) is 0 Å². The number of carbonyl (C=O) groups excluding carboxylic acids is 1. The SMILES string of the molecule is CN.COc1cccc(C(N)=O)c1.NSCc1ccncc1.[HH]. The highest BCUT2D eigenvalue weighted by Crippen LogP contribution is 2.11. The van der Waals surface area contributed by atoms with E-state index in [0.717, 1.165) is 5.75 Å². The Kier molecular flexibility index (Phi) is 11.4. The van der Waals surface area contributed by atoms with Crippen LogP contribution in [0.2, 0.25) is 0 Å². The first-order valence-corrected chi connectivity index (χ1v) is 7.44. The molecule has 6 N–H and O–H groups in total. The van der Waals surface area contributed by atoms with Crippen molar-refractivity contribution in [3.05, 3.63) is 59.9 Å². The van der Waals surface area contributed by atoms with Crippen molar-refractivity contribution in [3.63, 3.8) is 0 Å². The molecule has 22 heavy (non-hydrogen) atoms. The van der Waals surface area contributed by atoms with E-state index in [1.807, 2.05) is 12.1 Å². The normalized spacial score (nSPS) is 8.73. The highest BCUT2D eigenvalue weighted by molar-refractivity contribution is 7.96. The number of primary amides is 1. The van der Waals surface area contributed by atoms with Gasteiger partial charge in [0.15, 0.2) is 0 Å². The second-order valence-corrected chi connectivity index (χ2v) is 4.38. The van der Waals surface area contributed by atoms with Crippen LogP contribution in [0.4, 0.5) is 0 Å². The maximum absolute atomic E-state index is 10.6. The van der Waals surface area contributed by atoms with Gasteiger partial charge in [0.05, 0.1) is 7.11 Å². The molecule has 0 atom stereocenters. The van der Waals surface area contributed by atoms with E-state index in [2.05, 4.69) is 10.7 Å². The van der Waals surface area contributed by atoms with E-state index in [1.54, 1.807) is 43.8 Å². The number of rotatable bonds is 4. The molecule has 0 bridgehead atoms. The first kappa shape index (κ1) is 19.9. The van der Waals surface area contributed by atoms with Gasteiger partial charge in [-0.3, -0.25) is 14.9 Å². The summed E-state index contributed by atoms with van der Waals surface area (Å²) in [6.45, 7) is 0. The lowest BCUT2D eigenvalue weighted by Gasteiger charge is -1.99. The Morgan fingerprint density at radius 1 is 1.27 bits per heavy atom. The minimum absolute atomic E-state index is 0. The van der Waals surface area contributed by atoms with E-state index in [1.165, 1.54) is 24.6 Å². The van der Waals surface area contributed by atoms with Crippen molar-refractivity contribution in [2.45, 2.75) is 5.75 Å². The number of hydrogen-bond acceptors (Lipinski definition) is 6. The van der Waals surface area contributed by atoms with E-state index >= 15 is 0 Å². The van der Waals surface area contributed by atoms with Crippen molar-refractivity contribution in [3.8, 4) is 5.75 Å². The molecule has 0 aliphatic heterocycles. The lowest BCUT2D eigenvalue weighted by Crippen LogP contribution is -2.10. The molecule has 1 amide bonds. The van der Waals surface area contributed by atoms with Crippen LogP contribution in [0.1, 0.15) is 17.3 Å². The smallest absolute Gasteiger partial charge is 0.248 e. The van der Waals surface area contributed by atoms with E-state index in [4.69, 9.17) is 15.6 Å². The summed E-state index contributed by atoms with van der Waals surface area (Å²) < 4.78 is 4.90. The molecule has 1 aromatic carbocycles. The monoisotopic (exact) mass is 324 g/mol. The molecular weight excluding hydrogens is 300 g/mol. The predicted molar refractivity (Wildman–Crippen MR) is 93.5 cm³/mol. The topological polar surface area (TPSA) is 117 Å². The first-order valence-electron chi connectivity index (χ1n) is 6.39. The third kappa shape index (κ3) is 8.25. The molecule has 1 heterocycles. The molecule has 0 unspecified atom stereocenters. The number of methoxy groups -OCH3 is 1. The van der Waals surface area contributed by atoms with E-state index in [-0.39, 0.29) is 1.43 Å². The second kappa shape index (κ2) is 12.6. The van der Waals surface area contributed by atoms with Crippen LogP contribution in [-0.2, 0) is 5.75 Å². The molecule has 2 aromatic rings. The summed E-state index contributed by atoms with van der Waals surface area (Å²) in [5.74, 6) is 1.06. The highest BCUT2D eigenvalue weighted by atomic mass is 32.2. The molecule has 0 aliphatic carbocycles. The van der Waals surface area contributed by atoms with Crippen LogP contribution in [0.15, 0.2) is 48.8 Å². The maximum atomic E-state index is 10.6. The Labute approximate surface area is 136 Å². The number of pyridine rings is 1. The summed E-state index contributed by atoms with van der Waals surface area (Å²) in [5.41, 5.74) is 11.2. The van der Waals surface area contributed by atoms with E-state index in [0.29, 0.717) is 11.3 Å². The fourth-order valence-corrected chi connectivity index (χ4v) is 1.74. The second-order valence-electron chi connectivity index (χ2n) is 3.76. The number of aromatic nitrogens is 1. The van der Waals surface area contributed by atoms with Crippen LogP contribution in [0.3, 0.4) is 0 Å². The Morgan fingerprint density at radius 2 is 1.91 bits per heavy atom. The van der Waals surface area contributed by atoms with Crippen molar-refractivity contribution in [1.29, 1.82) is 0 Å². The van der Waals surface area contributed by atoms with Crippen molar-refractivity contribution in [2.24, 2.45) is 16.6 Å². The number of nitrogens with two attached hydrogens (primary N) is 3. The third-order valence-electron chi connectivity index (χ3n) is 2.35. The molecule has 2 rings (SSSR count). The van der Waals surface area contributed by atoms with Gasteiger partial charge >= 0.3 is 0 Å². The third-order valence-corrected chi connectivity index (χ3v) is 2.85. The van der Waals surface area contributed by atoms with Gasteiger partial charge in [-0.05, 0) is 42.9 Å². The Hall–Kier alpha value is -2.09. The van der Waals surface area contributed by atoms with Gasteiger partial charge in [0, 0.05) is 25.1 Å². The van der Waals surface area contributed by atoms with Gasteiger partial charge in [-0.2, -0.15) is 0 Å². The average molecular weight is 324 g/mol. The number of benzene rings is 1. The molecule has 0 saturated carbocycles. The summed E-state index contributed by atoms with van der Waals surface area (Å²) in [5, 5.41) is 5.26. The van der Waals surface area contributed by atoms with Crippen molar-refractivity contribution in [1.82, 2.24) is 4.98 Å². The lowest BCUT2D eigenvalue weighted by atomic mass is 10.2.